The number of rotatable bonds is 9. The Balaban J connectivity index is 2.44. The first-order chi connectivity index (χ1) is 10.7. The third kappa shape index (κ3) is 7.00. The summed E-state index contributed by atoms with van der Waals surface area (Å²) in [6.45, 7) is 5.12. The van der Waals surface area contributed by atoms with E-state index in [2.05, 4.69) is 15.6 Å². The molecule has 0 radical (unpaired) electrons. The zero-order chi connectivity index (χ0) is 16.2. The highest BCUT2D eigenvalue weighted by atomic mass is 35.5. The third-order valence-electron chi connectivity index (χ3n) is 3.07. The molecule has 6 heteroatoms. The summed E-state index contributed by atoms with van der Waals surface area (Å²) < 4.78 is 10.2. The molecule has 0 saturated heterocycles. The van der Waals surface area contributed by atoms with Crippen LogP contribution in [0.2, 0.25) is 5.02 Å². The van der Waals surface area contributed by atoms with Crippen LogP contribution in [0.4, 0.5) is 0 Å². The average molecular weight is 328 g/mol. The Hall–Kier alpha value is -1.46. The highest BCUT2D eigenvalue weighted by Gasteiger charge is 2.03. The number of nitrogens with zero attached hydrogens (tertiary/aromatic N) is 1. The van der Waals surface area contributed by atoms with Gasteiger partial charge in [-0.2, -0.15) is 0 Å². The molecule has 0 aliphatic carbocycles. The van der Waals surface area contributed by atoms with E-state index in [9.17, 15) is 0 Å². The molecule has 0 heterocycles. The molecule has 1 rings (SSSR count). The monoisotopic (exact) mass is 327 g/mol. The van der Waals surface area contributed by atoms with Crippen LogP contribution in [-0.2, 0) is 11.2 Å². The largest absolute Gasteiger partial charge is 0.497 e. The van der Waals surface area contributed by atoms with Gasteiger partial charge < -0.3 is 20.1 Å². The van der Waals surface area contributed by atoms with Gasteiger partial charge in [0.25, 0.3) is 0 Å². The Morgan fingerprint density at radius 3 is 2.73 bits per heavy atom. The lowest BCUT2D eigenvalue weighted by molar-refractivity contribution is 0.197. The van der Waals surface area contributed by atoms with Gasteiger partial charge in [-0.05, 0) is 37.5 Å². The van der Waals surface area contributed by atoms with Gasteiger partial charge in [0.15, 0.2) is 5.96 Å². The van der Waals surface area contributed by atoms with Crippen LogP contribution < -0.4 is 15.4 Å². The van der Waals surface area contributed by atoms with E-state index in [1.807, 2.05) is 25.1 Å². The Bertz CT molecular complexity index is 467. The van der Waals surface area contributed by atoms with E-state index in [4.69, 9.17) is 21.1 Å². The van der Waals surface area contributed by atoms with Crippen LogP contribution in [-0.4, -0.2) is 46.4 Å². The molecule has 0 unspecified atom stereocenters. The van der Waals surface area contributed by atoms with E-state index in [0.29, 0.717) is 0 Å². The van der Waals surface area contributed by atoms with Crippen molar-refractivity contribution in [2.24, 2.45) is 4.99 Å². The second kappa shape index (κ2) is 11.2. The van der Waals surface area contributed by atoms with Gasteiger partial charge in [-0.15, -0.1) is 0 Å². The number of hydrogen-bond acceptors (Lipinski definition) is 3. The first kappa shape index (κ1) is 18.6. The first-order valence-electron chi connectivity index (χ1n) is 7.54. The maximum atomic E-state index is 6.24. The maximum Gasteiger partial charge on any atom is 0.191 e. The molecule has 0 aromatic heterocycles. The van der Waals surface area contributed by atoms with E-state index in [1.165, 1.54) is 0 Å². The number of aliphatic imine (C=N–C) groups is 1. The van der Waals surface area contributed by atoms with Crippen LogP contribution in [0.25, 0.3) is 0 Å². The normalized spacial score (nSPS) is 11.4. The van der Waals surface area contributed by atoms with Crippen LogP contribution in [0.15, 0.2) is 23.2 Å². The zero-order valence-electron chi connectivity index (χ0n) is 13.6. The Kier molecular flexibility index (Phi) is 9.42. The van der Waals surface area contributed by atoms with E-state index in [-0.39, 0.29) is 0 Å². The van der Waals surface area contributed by atoms with Crippen molar-refractivity contribution in [3.8, 4) is 5.75 Å². The van der Waals surface area contributed by atoms with Crippen LogP contribution in [0.1, 0.15) is 18.9 Å². The highest BCUT2D eigenvalue weighted by Crippen LogP contribution is 2.22. The lowest BCUT2D eigenvalue weighted by atomic mass is 10.1. The van der Waals surface area contributed by atoms with Gasteiger partial charge in [-0.25, -0.2) is 0 Å². The topological polar surface area (TPSA) is 54.9 Å². The number of methoxy groups -OCH3 is 2. The Morgan fingerprint density at radius 1 is 1.27 bits per heavy atom. The maximum absolute atomic E-state index is 6.24. The van der Waals surface area contributed by atoms with Crippen molar-refractivity contribution in [1.29, 1.82) is 0 Å². The van der Waals surface area contributed by atoms with Gasteiger partial charge in [0.1, 0.15) is 5.75 Å². The summed E-state index contributed by atoms with van der Waals surface area (Å²) in [5.41, 5.74) is 1.09. The Labute approximate surface area is 138 Å². The van der Waals surface area contributed by atoms with Crippen LogP contribution in [0.3, 0.4) is 0 Å². The summed E-state index contributed by atoms with van der Waals surface area (Å²) in [5.74, 6) is 1.60. The molecule has 124 valence electrons. The number of halogens is 1. The van der Waals surface area contributed by atoms with Crippen molar-refractivity contribution in [2.45, 2.75) is 19.8 Å². The predicted molar refractivity (Wildman–Crippen MR) is 92.2 cm³/mol. The van der Waals surface area contributed by atoms with E-state index >= 15 is 0 Å². The molecule has 0 aliphatic heterocycles. The molecule has 0 bridgehead atoms. The Morgan fingerprint density at radius 2 is 2.09 bits per heavy atom. The summed E-state index contributed by atoms with van der Waals surface area (Å²) in [6.07, 6.45) is 1.74. The van der Waals surface area contributed by atoms with Gasteiger partial charge in [0, 0.05) is 38.4 Å². The number of benzene rings is 1. The molecule has 0 saturated carbocycles. The van der Waals surface area contributed by atoms with Crippen LogP contribution in [0, 0.1) is 0 Å². The summed E-state index contributed by atoms with van der Waals surface area (Å²) in [4.78, 5) is 4.49. The third-order valence-corrected chi connectivity index (χ3v) is 3.42. The number of ether oxygens (including phenoxy) is 2. The van der Waals surface area contributed by atoms with Crippen molar-refractivity contribution in [3.63, 3.8) is 0 Å². The lowest BCUT2D eigenvalue weighted by Gasteiger charge is -2.12. The van der Waals surface area contributed by atoms with Crippen LogP contribution in [0.5, 0.6) is 5.75 Å². The molecule has 0 amide bonds. The summed E-state index contributed by atoms with van der Waals surface area (Å²) >= 11 is 6.24. The van der Waals surface area contributed by atoms with Crippen molar-refractivity contribution in [2.75, 3.05) is 40.5 Å². The number of guanidine groups is 1. The minimum absolute atomic E-state index is 0.725. The molecule has 0 fully saturated rings. The minimum Gasteiger partial charge on any atom is -0.497 e. The molecular formula is C16H26ClN3O2. The van der Waals surface area contributed by atoms with E-state index in [1.54, 1.807) is 14.2 Å². The molecule has 22 heavy (non-hydrogen) atoms. The second-order valence-electron chi connectivity index (χ2n) is 4.74. The fourth-order valence-corrected chi connectivity index (χ4v) is 2.18. The lowest BCUT2D eigenvalue weighted by Crippen LogP contribution is -2.38. The number of hydrogen-bond donors (Lipinski definition) is 2. The van der Waals surface area contributed by atoms with Gasteiger partial charge >= 0.3 is 0 Å². The van der Waals surface area contributed by atoms with E-state index < -0.39 is 0 Å². The van der Waals surface area contributed by atoms with Gasteiger partial charge in [-0.3, -0.25) is 4.99 Å². The highest BCUT2D eigenvalue weighted by molar-refractivity contribution is 6.31. The molecule has 0 atom stereocenters. The quantitative estimate of drug-likeness (QED) is 0.415. The molecule has 0 aliphatic rings. The fourth-order valence-electron chi connectivity index (χ4n) is 1.91. The minimum atomic E-state index is 0.725. The standard InChI is InChI=1S/C16H26ClN3O2/c1-4-18-16(19-9-5-11-21-2)20-10-8-13-6-7-14(22-3)12-15(13)17/h6-7,12H,4-5,8-11H2,1-3H3,(H2,18,19,20). The van der Waals surface area contributed by atoms with Crippen molar-refractivity contribution in [1.82, 2.24) is 10.6 Å². The molecule has 1 aromatic rings. The van der Waals surface area contributed by atoms with Crippen molar-refractivity contribution < 1.29 is 9.47 Å². The van der Waals surface area contributed by atoms with Gasteiger partial charge in [-0.1, -0.05) is 17.7 Å². The molecular weight excluding hydrogens is 302 g/mol. The SMILES string of the molecule is CCNC(=NCCCOC)NCCc1ccc(OC)cc1Cl. The van der Waals surface area contributed by atoms with Gasteiger partial charge in [0.2, 0.25) is 0 Å². The summed E-state index contributed by atoms with van der Waals surface area (Å²) in [7, 11) is 3.33. The predicted octanol–water partition coefficient (Wildman–Crippen LogP) is 2.48. The molecule has 5 nitrogen and oxygen atoms in total. The number of nitrogens with one attached hydrogen (secondary N) is 2. The summed E-state index contributed by atoms with van der Waals surface area (Å²) in [6, 6.07) is 5.75. The van der Waals surface area contributed by atoms with Crippen LogP contribution >= 0.6 is 11.6 Å². The average Bonchev–Trinajstić information content (AvgIpc) is 2.52. The first-order valence-corrected chi connectivity index (χ1v) is 7.92. The van der Waals surface area contributed by atoms with Crippen molar-refractivity contribution in [3.05, 3.63) is 28.8 Å². The summed E-state index contributed by atoms with van der Waals surface area (Å²) in [5, 5.41) is 7.26. The molecule has 1 aromatic carbocycles. The van der Waals surface area contributed by atoms with Gasteiger partial charge in [0.05, 0.1) is 7.11 Å². The zero-order valence-corrected chi connectivity index (χ0v) is 14.4. The smallest absolute Gasteiger partial charge is 0.191 e. The fraction of sp³-hybridized carbons (Fsp3) is 0.562. The second-order valence-corrected chi connectivity index (χ2v) is 5.15. The molecule has 2 N–H and O–H groups in total. The van der Waals surface area contributed by atoms with Crippen molar-refractivity contribution >= 4 is 17.6 Å². The molecule has 0 spiro atoms. The van der Waals surface area contributed by atoms with E-state index in [0.717, 1.165) is 61.4 Å².